The summed E-state index contributed by atoms with van der Waals surface area (Å²) < 4.78 is 8.14. The van der Waals surface area contributed by atoms with E-state index >= 15 is 0 Å². The van der Waals surface area contributed by atoms with E-state index in [9.17, 15) is 4.79 Å². The van der Waals surface area contributed by atoms with Crippen LogP contribution in [0.1, 0.15) is 5.56 Å². The predicted octanol–water partition coefficient (Wildman–Crippen LogP) is 3.77. The number of rotatable bonds is 6. The molecule has 1 N–H and O–H groups in total. The maximum atomic E-state index is 12.2. The second kappa shape index (κ2) is 7.53. The number of amides is 1. The summed E-state index contributed by atoms with van der Waals surface area (Å²) in [6.07, 6.45) is 2.75. The van der Waals surface area contributed by atoms with Crippen LogP contribution in [0.2, 0.25) is 0 Å². The van der Waals surface area contributed by atoms with Gasteiger partial charge in [-0.2, -0.15) is 0 Å². The van der Waals surface area contributed by atoms with Crippen molar-refractivity contribution < 1.29 is 9.53 Å². The van der Waals surface area contributed by atoms with Gasteiger partial charge in [-0.05, 0) is 48.4 Å². The van der Waals surface area contributed by atoms with Gasteiger partial charge in [0, 0.05) is 28.1 Å². The summed E-state index contributed by atoms with van der Waals surface area (Å²) in [5, 5.41) is 4.09. The second-order valence-corrected chi connectivity index (χ2v) is 6.51. The van der Waals surface area contributed by atoms with E-state index in [0.717, 1.165) is 27.5 Å². The Morgan fingerprint density at radius 1 is 1.17 bits per heavy atom. The number of benzene rings is 2. The molecule has 0 bridgehead atoms. The van der Waals surface area contributed by atoms with Gasteiger partial charge < -0.3 is 14.6 Å². The number of fused-ring (bicyclic) bond motifs is 1. The summed E-state index contributed by atoms with van der Waals surface area (Å²) in [4.78, 5) is 12.2. The molecule has 0 aliphatic carbocycles. The molecule has 5 heteroatoms. The van der Waals surface area contributed by atoms with Crippen LogP contribution in [0.3, 0.4) is 0 Å². The minimum absolute atomic E-state index is 0.0175. The zero-order valence-corrected chi connectivity index (χ0v) is 15.0. The number of carbonyl (C=O) groups excluding carboxylic acids is 1. The summed E-state index contributed by atoms with van der Waals surface area (Å²) in [5.41, 5.74) is 2.23. The van der Waals surface area contributed by atoms with Crippen LogP contribution in [-0.2, 0) is 17.8 Å². The molecule has 0 radical (unpaired) electrons. The zero-order valence-electron chi connectivity index (χ0n) is 13.5. The van der Waals surface area contributed by atoms with Crippen molar-refractivity contribution in [3.05, 3.63) is 64.8 Å². The van der Waals surface area contributed by atoms with Gasteiger partial charge in [0.2, 0.25) is 5.91 Å². The molecule has 1 heterocycles. The summed E-state index contributed by atoms with van der Waals surface area (Å²) in [7, 11) is 1.65. The van der Waals surface area contributed by atoms with E-state index in [0.29, 0.717) is 13.1 Å². The molecule has 0 aliphatic heterocycles. The molecule has 1 aromatic heterocycles. The van der Waals surface area contributed by atoms with Crippen LogP contribution in [0.4, 0.5) is 0 Å². The molecule has 24 heavy (non-hydrogen) atoms. The first kappa shape index (κ1) is 16.6. The van der Waals surface area contributed by atoms with Crippen molar-refractivity contribution in [1.82, 2.24) is 9.88 Å². The number of aromatic nitrogens is 1. The Labute approximate surface area is 149 Å². The zero-order chi connectivity index (χ0) is 16.9. The topological polar surface area (TPSA) is 43.3 Å². The van der Waals surface area contributed by atoms with Gasteiger partial charge in [-0.1, -0.05) is 28.1 Å². The van der Waals surface area contributed by atoms with Gasteiger partial charge in [0.05, 0.1) is 7.11 Å². The minimum Gasteiger partial charge on any atom is -0.497 e. The molecule has 3 rings (SSSR count). The first-order chi connectivity index (χ1) is 11.7. The van der Waals surface area contributed by atoms with E-state index in [1.54, 1.807) is 7.11 Å². The quantitative estimate of drug-likeness (QED) is 0.700. The molecule has 3 aromatic rings. The summed E-state index contributed by atoms with van der Waals surface area (Å²) in [6, 6.07) is 16.0. The SMILES string of the molecule is COc1ccc(CCNC(=O)Cn2ccc3cc(Br)ccc32)cc1. The van der Waals surface area contributed by atoms with Crippen molar-refractivity contribution in [3.8, 4) is 5.75 Å². The average Bonchev–Trinajstić information content (AvgIpc) is 2.97. The Morgan fingerprint density at radius 2 is 1.96 bits per heavy atom. The highest BCUT2D eigenvalue weighted by Gasteiger charge is 2.06. The summed E-state index contributed by atoms with van der Waals surface area (Å²) in [5.74, 6) is 0.859. The summed E-state index contributed by atoms with van der Waals surface area (Å²) >= 11 is 3.46. The lowest BCUT2D eigenvalue weighted by Crippen LogP contribution is -2.29. The summed E-state index contributed by atoms with van der Waals surface area (Å²) in [6.45, 7) is 0.948. The van der Waals surface area contributed by atoms with Crippen molar-refractivity contribution in [1.29, 1.82) is 0 Å². The molecular weight excluding hydrogens is 368 g/mol. The Kier molecular flexibility index (Phi) is 5.20. The van der Waals surface area contributed by atoms with Crippen LogP contribution < -0.4 is 10.1 Å². The number of halogens is 1. The lowest BCUT2D eigenvalue weighted by Gasteiger charge is -2.08. The molecule has 124 valence electrons. The Morgan fingerprint density at radius 3 is 2.71 bits per heavy atom. The van der Waals surface area contributed by atoms with Crippen molar-refractivity contribution in [3.63, 3.8) is 0 Å². The molecule has 0 saturated carbocycles. The van der Waals surface area contributed by atoms with Gasteiger partial charge >= 0.3 is 0 Å². The largest absolute Gasteiger partial charge is 0.497 e. The third-order valence-corrected chi connectivity index (χ3v) is 4.44. The first-order valence-corrected chi connectivity index (χ1v) is 8.59. The van der Waals surface area contributed by atoms with Gasteiger partial charge in [-0.15, -0.1) is 0 Å². The Bertz CT molecular complexity index is 840. The van der Waals surface area contributed by atoms with Crippen molar-refractivity contribution >= 4 is 32.7 Å². The number of nitrogens with one attached hydrogen (secondary N) is 1. The number of hydrogen-bond donors (Lipinski definition) is 1. The van der Waals surface area contributed by atoms with Gasteiger partial charge in [-0.25, -0.2) is 0 Å². The van der Waals surface area contributed by atoms with Gasteiger partial charge in [0.1, 0.15) is 12.3 Å². The van der Waals surface area contributed by atoms with E-state index in [1.807, 2.05) is 59.3 Å². The molecule has 0 unspecified atom stereocenters. The number of nitrogens with zero attached hydrogens (tertiary/aromatic N) is 1. The Balaban J connectivity index is 1.53. The van der Waals surface area contributed by atoms with Gasteiger partial charge in [0.25, 0.3) is 0 Å². The maximum absolute atomic E-state index is 12.2. The van der Waals surface area contributed by atoms with Crippen LogP contribution in [0.15, 0.2) is 59.2 Å². The maximum Gasteiger partial charge on any atom is 0.239 e. The van der Waals surface area contributed by atoms with E-state index in [2.05, 4.69) is 21.2 Å². The first-order valence-electron chi connectivity index (χ1n) is 7.80. The monoisotopic (exact) mass is 386 g/mol. The molecule has 0 fully saturated rings. The molecular formula is C19H19BrN2O2. The molecule has 0 spiro atoms. The van der Waals surface area contributed by atoms with Crippen molar-refractivity contribution in [2.45, 2.75) is 13.0 Å². The standard InChI is InChI=1S/C19H19BrN2O2/c1-24-17-5-2-14(3-6-17)8-10-21-19(23)13-22-11-9-15-12-16(20)4-7-18(15)22/h2-7,9,11-12H,8,10,13H2,1H3,(H,21,23). The molecule has 1 amide bonds. The number of carbonyl (C=O) groups is 1. The lowest BCUT2D eigenvalue weighted by molar-refractivity contribution is -0.121. The predicted molar refractivity (Wildman–Crippen MR) is 99.3 cm³/mol. The van der Waals surface area contributed by atoms with E-state index < -0.39 is 0 Å². The third-order valence-electron chi connectivity index (χ3n) is 3.94. The molecule has 2 aromatic carbocycles. The number of ether oxygens (including phenoxy) is 1. The van der Waals surface area contributed by atoms with E-state index in [4.69, 9.17) is 4.74 Å². The van der Waals surface area contributed by atoms with Crippen LogP contribution >= 0.6 is 15.9 Å². The lowest BCUT2D eigenvalue weighted by atomic mass is 10.1. The highest BCUT2D eigenvalue weighted by Crippen LogP contribution is 2.20. The smallest absolute Gasteiger partial charge is 0.239 e. The molecule has 0 aliphatic rings. The van der Waals surface area contributed by atoms with Gasteiger partial charge in [-0.3, -0.25) is 4.79 Å². The van der Waals surface area contributed by atoms with Gasteiger partial charge in [0.15, 0.2) is 0 Å². The fourth-order valence-corrected chi connectivity index (χ4v) is 3.04. The molecule has 4 nitrogen and oxygen atoms in total. The van der Waals surface area contributed by atoms with Crippen LogP contribution in [0.25, 0.3) is 10.9 Å². The Hall–Kier alpha value is -2.27. The van der Waals surface area contributed by atoms with Crippen LogP contribution in [-0.4, -0.2) is 24.1 Å². The minimum atomic E-state index is 0.0175. The fourth-order valence-electron chi connectivity index (χ4n) is 2.66. The van der Waals surface area contributed by atoms with Crippen molar-refractivity contribution in [2.75, 3.05) is 13.7 Å². The normalized spacial score (nSPS) is 10.8. The fraction of sp³-hybridized carbons (Fsp3) is 0.211. The number of methoxy groups -OCH3 is 1. The highest BCUT2D eigenvalue weighted by molar-refractivity contribution is 9.10. The molecule has 0 atom stereocenters. The average molecular weight is 387 g/mol. The van der Waals surface area contributed by atoms with E-state index in [1.165, 1.54) is 5.56 Å². The highest BCUT2D eigenvalue weighted by atomic mass is 79.9. The second-order valence-electron chi connectivity index (χ2n) is 5.59. The third kappa shape index (κ3) is 3.97. The van der Waals surface area contributed by atoms with Crippen LogP contribution in [0, 0.1) is 0 Å². The van der Waals surface area contributed by atoms with E-state index in [-0.39, 0.29) is 5.91 Å². The van der Waals surface area contributed by atoms with Crippen molar-refractivity contribution in [2.24, 2.45) is 0 Å². The number of hydrogen-bond acceptors (Lipinski definition) is 2. The molecule has 0 saturated heterocycles. The van der Waals surface area contributed by atoms with Crippen LogP contribution in [0.5, 0.6) is 5.75 Å².